The van der Waals surface area contributed by atoms with Crippen LogP contribution in [0.3, 0.4) is 0 Å². The summed E-state index contributed by atoms with van der Waals surface area (Å²) in [5.74, 6) is 5.47. The first kappa shape index (κ1) is 12.3. The molecule has 0 aliphatic rings. The Morgan fingerprint density at radius 2 is 2.00 bits per heavy atom. The van der Waals surface area contributed by atoms with E-state index in [0.717, 1.165) is 0 Å². The van der Waals surface area contributed by atoms with Gasteiger partial charge >= 0.3 is 5.97 Å². The molecule has 3 nitrogen and oxygen atoms in total. The van der Waals surface area contributed by atoms with Crippen LogP contribution in [0.2, 0.25) is 0 Å². The van der Waals surface area contributed by atoms with E-state index in [1.54, 1.807) is 38.1 Å². The van der Waals surface area contributed by atoms with Crippen LogP contribution in [0.15, 0.2) is 24.3 Å². The molecule has 0 heterocycles. The normalized spacial score (nSPS) is 10.2. The van der Waals surface area contributed by atoms with Crippen molar-refractivity contribution in [2.75, 3.05) is 0 Å². The van der Waals surface area contributed by atoms with E-state index in [0.29, 0.717) is 11.3 Å². The Kier molecular flexibility index (Phi) is 3.70. The quantitative estimate of drug-likeness (QED) is 0.443. The topological polar surface area (TPSA) is 46.5 Å². The molecule has 3 heteroatoms. The maximum Gasteiger partial charge on any atom is 0.308 e. The second-order valence-corrected chi connectivity index (χ2v) is 3.90. The number of aliphatic hydroxyl groups is 1. The van der Waals surface area contributed by atoms with Gasteiger partial charge < -0.3 is 9.84 Å². The number of hydrogen-bond donors (Lipinski definition) is 1. The number of hydrogen-bond acceptors (Lipinski definition) is 3. The highest BCUT2D eigenvalue weighted by Gasteiger charge is 2.07. The van der Waals surface area contributed by atoms with Crippen molar-refractivity contribution in [1.29, 1.82) is 0 Å². The van der Waals surface area contributed by atoms with Gasteiger partial charge in [-0.2, -0.15) is 0 Å². The van der Waals surface area contributed by atoms with E-state index in [1.165, 1.54) is 6.92 Å². The van der Waals surface area contributed by atoms with Gasteiger partial charge in [-0.3, -0.25) is 4.79 Å². The summed E-state index contributed by atoms with van der Waals surface area (Å²) < 4.78 is 4.99. The molecule has 0 unspecified atom stereocenters. The molecular formula is C13H14O3. The van der Waals surface area contributed by atoms with Crippen LogP contribution < -0.4 is 4.74 Å². The van der Waals surface area contributed by atoms with Crippen molar-refractivity contribution in [3.63, 3.8) is 0 Å². The number of ether oxygens (including phenoxy) is 1. The largest absolute Gasteiger partial charge is 0.425 e. The minimum absolute atomic E-state index is 0.391. The molecule has 0 atom stereocenters. The van der Waals surface area contributed by atoms with Crippen LogP contribution in [0.1, 0.15) is 26.3 Å². The predicted octanol–water partition coefficient (Wildman–Crippen LogP) is 1.73. The van der Waals surface area contributed by atoms with Crippen molar-refractivity contribution in [2.45, 2.75) is 26.4 Å². The summed E-state index contributed by atoms with van der Waals surface area (Å²) in [6.45, 7) is 4.52. The summed E-state index contributed by atoms with van der Waals surface area (Å²) in [4.78, 5) is 10.8. The van der Waals surface area contributed by atoms with Gasteiger partial charge in [0.15, 0.2) is 0 Å². The number of carbonyl (C=O) groups is 1. The van der Waals surface area contributed by atoms with Gasteiger partial charge in [-0.05, 0) is 26.0 Å². The molecule has 16 heavy (non-hydrogen) atoms. The highest BCUT2D eigenvalue weighted by Crippen LogP contribution is 2.17. The molecule has 0 amide bonds. The van der Waals surface area contributed by atoms with E-state index in [9.17, 15) is 9.90 Å². The predicted molar refractivity (Wildman–Crippen MR) is 60.9 cm³/mol. The molecule has 0 aromatic heterocycles. The maximum absolute atomic E-state index is 10.8. The molecule has 0 saturated heterocycles. The lowest BCUT2D eigenvalue weighted by Gasteiger charge is -2.07. The Morgan fingerprint density at radius 3 is 2.56 bits per heavy atom. The Bertz CT molecular complexity index is 444. The number of rotatable bonds is 1. The lowest BCUT2D eigenvalue weighted by atomic mass is 10.1. The lowest BCUT2D eigenvalue weighted by molar-refractivity contribution is -0.131. The molecule has 0 saturated carbocycles. The van der Waals surface area contributed by atoms with Crippen molar-refractivity contribution >= 4 is 5.97 Å². The second-order valence-electron chi connectivity index (χ2n) is 3.90. The van der Waals surface area contributed by atoms with E-state index < -0.39 is 11.6 Å². The van der Waals surface area contributed by atoms with E-state index in [2.05, 4.69) is 11.8 Å². The standard InChI is InChI=1S/C13H14O3/c1-10(14)16-12-7-5-4-6-11(12)8-9-13(2,3)15/h4-7,15H,1-3H3. The van der Waals surface area contributed by atoms with E-state index in [-0.39, 0.29) is 0 Å². The van der Waals surface area contributed by atoms with Crippen molar-refractivity contribution in [3.8, 4) is 17.6 Å². The minimum Gasteiger partial charge on any atom is -0.425 e. The Hall–Kier alpha value is -1.79. The molecule has 84 valence electrons. The molecule has 1 N–H and O–H groups in total. The molecule has 0 radical (unpaired) electrons. The van der Waals surface area contributed by atoms with Crippen LogP contribution in [0.25, 0.3) is 0 Å². The van der Waals surface area contributed by atoms with Crippen LogP contribution >= 0.6 is 0 Å². The summed E-state index contributed by atoms with van der Waals surface area (Å²) in [5.41, 5.74) is -0.483. The first-order valence-electron chi connectivity index (χ1n) is 4.91. The fourth-order valence-electron chi connectivity index (χ4n) is 1.03. The summed E-state index contributed by atoms with van der Waals surface area (Å²) in [6, 6.07) is 6.95. The van der Waals surface area contributed by atoms with Crippen molar-refractivity contribution < 1.29 is 14.6 Å². The molecule has 1 aromatic carbocycles. The smallest absolute Gasteiger partial charge is 0.308 e. The molecule has 0 aliphatic heterocycles. The maximum atomic E-state index is 10.8. The fourth-order valence-corrected chi connectivity index (χ4v) is 1.03. The molecule has 1 aromatic rings. The molecule has 0 bridgehead atoms. The van der Waals surface area contributed by atoms with Gasteiger partial charge in [-0.25, -0.2) is 0 Å². The Morgan fingerprint density at radius 1 is 1.38 bits per heavy atom. The molecular weight excluding hydrogens is 204 g/mol. The van der Waals surface area contributed by atoms with Crippen molar-refractivity contribution in [1.82, 2.24) is 0 Å². The SMILES string of the molecule is CC(=O)Oc1ccccc1C#CC(C)(C)O. The van der Waals surface area contributed by atoms with Gasteiger partial charge in [0.05, 0.1) is 5.56 Å². The third kappa shape index (κ3) is 4.16. The van der Waals surface area contributed by atoms with Gasteiger partial charge in [0.25, 0.3) is 0 Å². The van der Waals surface area contributed by atoms with E-state index in [4.69, 9.17) is 4.74 Å². The van der Waals surface area contributed by atoms with Gasteiger partial charge in [-0.15, -0.1) is 0 Å². The molecule has 1 rings (SSSR count). The first-order chi connectivity index (χ1) is 7.38. The third-order valence-corrected chi connectivity index (χ3v) is 1.64. The zero-order valence-electron chi connectivity index (χ0n) is 9.57. The van der Waals surface area contributed by atoms with Crippen LogP contribution in [0, 0.1) is 11.8 Å². The summed E-state index contributed by atoms with van der Waals surface area (Å²) >= 11 is 0. The van der Waals surface area contributed by atoms with Crippen LogP contribution in [-0.2, 0) is 4.79 Å². The summed E-state index contributed by atoms with van der Waals surface area (Å²) in [7, 11) is 0. The summed E-state index contributed by atoms with van der Waals surface area (Å²) in [5, 5.41) is 9.47. The summed E-state index contributed by atoms with van der Waals surface area (Å²) in [6.07, 6.45) is 0. The lowest BCUT2D eigenvalue weighted by Crippen LogP contribution is -2.14. The van der Waals surface area contributed by atoms with Crippen LogP contribution in [-0.4, -0.2) is 16.7 Å². The number of carbonyl (C=O) groups excluding carboxylic acids is 1. The van der Waals surface area contributed by atoms with Crippen LogP contribution in [0.4, 0.5) is 0 Å². The van der Waals surface area contributed by atoms with E-state index in [1.807, 2.05) is 0 Å². The van der Waals surface area contributed by atoms with Gasteiger partial charge in [0, 0.05) is 6.92 Å². The minimum atomic E-state index is -1.07. The Labute approximate surface area is 95.1 Å². The zero-order valence-corrected chi connectivity index (χ0v) is 9.57. The number of para-hydroxylation sites is 1. The zero-order chi connectivity index (χ0) is 12.2. The van der Waals surface area contributed by atoms with Gasteiger partial charge in [0.1, 0.15) is 11.4 Å². The van der Waals surface area contributed by atoms with Gasteiger partial charge in [-0.1, -0.05) is 24.0 Å². The molecule has 0 aliphatic carbocycles. The number of esters is 1. The molecule has 0 spiro atoms. The van der Waals surface area contributed by atoms with Gasteiger partial charge in [0.2, 0.25) is 0 Å². The number of benzene rings is 1. The third-order valence-electron chi connectivity index (χ3n) is 1.64. The Balaban J connectivity index is 3.03. The average Bonchev–Trinajstić information content (AvgIpc) is 2.14. The second kappa shape index (κ2) is 4.82. The average molecular weight is 218 g/mol. The van der Waals surface area contributed by atoms with Crippen molar-refractivity contribution in [2.24, 2.45) is 0 Å². The molecule has 0 fully saturated rings. The highest BCUT2D eigenvalue weighted by atomic mass is 16.5. The van der Waals surface area contributed by atoms with Crippen molar-refractivity contribution in [3.05, 3.63) is 29.8 Å². The highest BCUT2D eigenvalue weighted by molar-refractivity contribution is 5.70. The monoisotopic (exact) mass is 218 g/mol. The fraction of sp³-hybridized carbons (Fsp3) is 0.308. The van der Waals surface area contributed by atoms with E-state index >= 15 is 0 Å². The van der Waals surface area contributed by atoms with Crippen LogP contribution in [0.5, 0.6) is 5.75 Å². The first-order valence-corrected chi connectivity index (χ1v) is 4.91.